The Hall–Kier alpha value is -1.80. The standard InChI is InChI=1S/C22H34N4O4/c1-3-25-19(27)13-17(21(25)29)23-9-5-15(6-10-23)16-7-11-24(12-8-16)18-14-20(28)26(4-2)22(18)30/h15-18H,3-14H2,1-2H3/t17-,18-/m0/s1. The van der Waals surface area contributed by atoms with Crippen LogP contribution in [0.4, 0.5) is 0 Å². The van der Waals surface area contributed by atoms with Crippen molar-refractivity contribution >= 4 is 23.6 Å². The van der Waals surface area contributed by atoms with E-state index in [9.17, 15) is 19.2 Å². The zero-order chi connectivity index (χ0) is 21.4. The van der Waals surface area contributed by atoms with Gasteiger partial charge in [0.25, 0.3) is 0 Å². The lowest BCUT2D eigenvalue weighted by Crippen LogP contribution is -2.49. The molecule has 0 aromatic carbocycles. The third kappa shape index (κ3) is 3.80. The van der Waals surface area contributed by atoms with Gasteiger partial charge in [-0.3, -0.25) is 38.8 Å². The highest BCUT2D eigenvalue weighted by atomic mass is 16.2. The minimum Gasteiger partial charge on any atom is -0.292 e. The second kappa shape index (κ2) is 8.75. The Morgan fingerprint density at radius 2 is 0.967 bits per heavy atom. The fourth-order valence-corrected chi connectivity index (χ4v) is 5.97. The van der Waals surface area contributed by atoms with Crippen LogP contribution in [0.15, 0.2) is 0 Å². The quantitative estimate of drug-likeness (QED) is 0.612. The fraction of sp³-hybridized carbons (Fsp3) is 0.818. The maximum atomic E-state index is 12.5. The van der Waals surface area contributed by atoms with Crippen molar-refractivity contribution in [1.82, 2.24) is 19.6 Å². The molecule has 4 fully saturated rings. The summed E-state index contributed by atoms with van der Waals surface area (Å²) in [6.07, 6.45) is 4.94. The number of likely N-dealkylation sites (N-methyl/N-ethyl adjacent to an activating group) is 2. The fourth-order valence-electron chi connectivity index (χ4n) is 5.97. The lowest BCUT2D eigenvalue weighted by atomic mass is 9.78. The van der Waals surface area contributed by atoms with E-state index in [1.54, 1.807) is 0 Å². The van der Waals surface area contributed by atoms with E-state index in [0.29, 0.717) is 37.8 Å². The van der Waals surface area contributed by atoms with Crippen molar-refractivity contribution in [2.24, 2.45) is 11.8 Å². The number of imide groups is 2. The maximum Gasteiger partial charge on any atom is 0.247 e. The summed E-state index contributed by atoms with van der Waals surface area (Å²) in [4.78, 5) is 56.2. The van der Waals surface area contributed by atoms with Crippen LogP contribution in [0.25, 0.3) is 0 Å². The first kappa shape index (κ1) is 21.4. The molecule has 4 aliphatic rings. The molecule has 8 heteroatoms. The topological polar surface area (TPSA) is 81.2 Å². The van der Waals surface area contributed by atoms with Gasteiger partial charge in [-0.2, -0.15) is 0 Å². The van der Waals surface area contributed by atoms with E-state index in [1.807, 2.05) is 13.8 Å². The Bertz CT molecular complexity index is 650. The minimum atomic E-state index is -0.257. The SMILES string of the molecule is CCN1C(=O)C[C@H](N2CCC(C3CCN([C@H]4CC(=O)N(CC)C4=O)CC3)CC2)C1=O. The Balaban J connectivity index is 1.25. The molecule has 0 aromatic rings. The van der Waals surface area contributed by atoms with E-state index in [2.05, 4.69) is 9.80 Å². The number of hydrogen-bond acceptors (Lipinski definition) is 6. The van der Waals surface area contributed by atoms with E-state index < -0.39 is 0 Å². The molecule has 166 valence electrons. The Morgan fingerprint density at radius 3 is 1.23 bits per heavy atom. The van der Waals surface area contributed by atoms with Gasteiger partial charge < -0.3 is 0 Å². The summed E-state index contributed by atoms with van der Waals surface area (Å²) < 4.78 is 0. The van der Waals surface area contributed by atoms with Crippen LogP contribution in [0.2, 0.25) is 0 Å². The molecule has 4 saturated heterocycles. The van der Waals surface area contributed by atoms with Crippen molar-refractivity contribution in [3.8, 4) is 0 Å². The summed E-state index contributed by atoms with van der Waals surface area (Å²) in [6.45, 7) is 8.17. The molecular weight excluding hydrogens is 384 g/mol. The number of likely N-dealkylation sites (tertiary alicyclic amines) is 4. The minimum absolute atomic E-state index is 0.0221. The Kier molecular flexibility index (Phi) is 6.25. The van der Waals surface area contributed by atoms with Crippen molar-refractivity contribution in [2.45, 2.75) is 64.5 Å². The van der Waals surface area contributed by atoms with E-state index in [0.717, 1.165) is 51.9 Å². The molecule has 4 rings (SSSR count). The van der Waals surface area contributed by atoms with Gasteiger partial charge in [0.2, 0.25) is 23.6 Å². The van der Waals surface area contributed by atoms with Crippen LogP contribution in [-0.2, 0) is 19.2 Å². The number of rotatable bonds is 5. The Labute approximate surface area is 178 Å². The van der Waals surface area contributed by atoms with Crippen molar-refractivity contribution in [2.75, 3.05) is 39.3 Å². The lowest BCUT2D eigenvalue weighted by Gasteiger charge is -2.42. The molecule has 0 N–H and O–H groups in total. The van der Waals surface area contributed by atoms with Crippen molar-refractivity contribution in [3.63, 3.8) is 0 Å². The maximum absolute atomic E-state index is 12.5. The zero-order valence-corrected chi connectivity index (χ0v) is 18.2. The van der Waals surface area contributed by atoms with Crippen LogP contribution in [0.1, 0.15) is 52.4 Å². The molecule has 0 aromatic heterocycles. The van der Waals surface area contributed by atoms with Crippen LogP contribution in [-0.4, -0.2) is 94.6 Å². The summed E-state index contributed by atoms with van der Waals surface area (Å²) >= 11 is 0. The molecule has 4 aliphatic heterocycles. The van der Waals surface area contributed by atoms with Crippen LogP contribution >= 0.6 is 0 Å². The molecule has 2 atom stereocenters. The molecule has 0 radical (unpaired) electrons. The lowest BCUT2D eigenvalue weighted by molar-refractivity contribution is -0.141. The van der Waals surface area contributed by atoms with E-state index >= 15 is 0 Å². The predicted molar refractivity (Wildman–Crippen MR) is 110 cm³/mol. The average Bonchev–Trinajstić information content (AvgIpc) is 3.22. The van der Waals surface area contributed by atoms with Crippen LogP contribution in [0.5, 0.6) is 0 Å². The van der Waals surface area contributed by atoms with Gasteiger partial charge in [-0.1, -0.05) is 0 Å². The van der Waals surface area contributed by atoms with Gasteiger partial charge in [0, 0.05) is 13.1 Å². The number of hydrogen-bond donors (Lipinski definition) is 0. The van der Waals surface area contributed by atoms with E-state index in [-0.39, 0.29) is 35.7 Å². The highest BCUT2D eigenvalue weighted by molar-refractivity contribution is 6.06. The van der Waals surface area contributed by atoms with Crippen LogP contribution in [0, 0.1) is 11.8 Å². The van der Waals surface area contributed by atoms with Gasteiger partial charge in [-0.15, -0.1) is 0 Å². The summed E-state index contributed by atoms with van der Waals surface area (Å²) in [6, 6.07) is -0.514. The van der Waals surface area contributed by atoms with Crippen molar-refractivity contribution in [1.29, 1.82) is 0 Å². The first-order valence-corrected chi connectivity index (χ1v) is 11.6. The molecule has 4 amide bonds. The van der Waals surface area contributed by atoms with Gasteiger partial charge in [0.05, 0.1) is 24.9 Å². The van der Waals surface area contributed by atoms with Crippen molar-refractivity contribution < 1.29 is 19.2 Å². The van der Waals surface area contributed by atoms with Gasteiger partial charge >= 0.3 is 0 Å². The first-order valence-electron chi connectivity index (χ1n) is 11.6. The molecule has 0 spiro atoms. The molecule has 8 nitrogen and oxygen atoms in total. The Morgan fingerprint density at radius 1 is 0.633 bits per heavy atom. The molecular formula is C22H34N4O4. The highest BCUT2D eigenvalue weighted by Crippen LogP contribution is 2.35. The smallest absolute Gasteiger partial charge is 0.247 e. The monoisotopic (exact) mass is 418 g/mol. The van der Waals surface area contributed by atoms with Crippen molar-refractivity contribution in [3.05, 3.63) is 0 Å². The number of amides is 4. The predicted octanol–water partition coefficient (Wildman–Crippen LogP) is 0.705. The molecule has 0 bridgehead atoms. The summed E-state index contributed by atoms with van der Waals surface area (Å²) in [7, 11) is 0. The first-order chi connectivity index (χ1) is 14.4. The number of piperidine rings is 2. The van der Waals surface area contributed by atoms with Gasteiger partial charge in [-0.25, -0.2) is 0 Å². The largest absolute Gasteiger partial charge is 0.292 e. The molecule has 0 saturated carbocycles. The second-order valence-electron chi connectivity index (χ2n) is 9.14. The van der Waals surface area contributed by atoms with Crippen LogP contribution < -0.4 is 0 Å². The van der Waals surface area contributed by atoms with E-state index in [4.69, 9.17) is 0 Å². The molecule has 0 aliphatic carbocycles. The number of carbonyl (C=O) groups is 4. The summed E-state index contributed by atoms with van der Waals surface area (Å²) in [5.41, 5.74) is 0. The summed E-state index contributed by atoms with van der Waals surface area (Å²) in [5, 5.41) is 0. The molecule has 4 heterocycles. The van der Waals surface area contributed by atoms with Gasteiger partial charge in [0.1, 0.15) is 0 Å². The van der Waals surface area contributed by atoms with Gasteiger partial charge in [0.15, 0.2) is 0 Å². The third-order valence-corrected chi connectivity index (χ3v) is 7.77. The summed E-state index contributed by atoms with van der Waals surface area (Å²) in [5.74, 6) is 1.17. The average molecular weight is 419 g/mol. The van der Waals surface area contributed by atoms with Crippen LogP contribution in [0.3, 0.4) is 0 Å². The molecule has 30 heavy (non-hydrogen) atoms. The van der Waals surface area contributed by atoms with Gasteiger partial charge in [-0.05, 0) is 77.5 Å². The third-order valence-electron chi connectivity index (χ3n) is 7.77. The number of carbonyl (C=O) groups excluding carboxylic acids is 4. The second-order valence-corrected chi connectivity index (χ2v) is 9.14. The normalized spacial score (nSPS) is 30.9. The van der Waals surface area contributed by atoms with E-state index in [1.165, 1.54) is 9.80 Å². The number of nitrogens with zero attached hydrogens (tertiary/aromatic N) is 4. The zero-order valence-electron chi connectivity index (χ0n) is 18.2. The molecule has 0 unspecified atom stereocenters. The highest BCUT2D eigenvalue weighted by Gasteiger charge is 2.44.